The van der Waals surface area contributed by atoms with Crippen LogP contribution < -0.4 is 20.1 Å². The second kappa shape index (κ2) is 9.55. The van der Waals surface area contributed by atoms with Crippen molar-refractivity contribution in [1.29, 1.82) is 0 Å². The molecule has 2 unspecified atom stereocenters. The van der Waals surface area contributed by atoms with E-state index in [-0.39, 0.29) is 18.4 Å². The third kappa shape index (κ3) is 4.44. The van der Waals surface area contributed by atoms with Gasteiger partial charge in [0.05, 0.1) is 44.9 Å². The fourth-order valence-electron chi connectivity index (χ4n) is 5.34. The molecule has 0 aliphatic carbocycles. The summed E-state index contributed by atoms with van der Waals surface area (Å²) in [4.78, 5) is 31.7. The molecule has 2 bridgehead atoms. The highest BCUT2D eigenvalue weighted by Gasteiger charge is 2.50. The molecule has 2 N–H and O–H groups in total. The van der Waals surface area contributed by atoms with Gasteiger partial charge in [-0.3, -0.25) is 14.9 Å². The Balaban J connectivity index is 1.23. The highest BCUT2D eigenvalue weighted by atomic mass is 32.1. The van der Waals surface area contributed by atoms with Gasteiger partial charge in [-0.05, 0) is 35.9 Å². The SMILES string of the molecule is COc1ccc(C(=O)NCc2cccc(C(=O)Nc3nc4c(s3)C3CCC(C4)[N+]3(C)C)c2)cc1OC. The Morgan fingerprint density at radius 1 is 1.03 bits per heavy atom. The molecule has 2 amide bonds. The quantitative estimate of drug-likeness (QED) is 0.469. The van der Waals surface area contributed by atoms with Gasteiger partial charge >= 0.3 is 0 Å². The number of methoxy groups -OCH3 is 2. The van der Waals surface area contributed by atoms with Crippen LogP contribution in [0.1, 0.15) is 55.7 Å². The van der Waals surface area contributed by atoms with Crippen LogP contribution in [0.3, 0.4) is 0 Å². The molecule has 1 aromatic heterocycles. The number of benzene rings is 2. The third-order valence-corrected chi connectivity index (χ3v) is 8.60. The predicted molar refractivity (Wildman–Crippen MR) is 139 cm³/mol. The Morgan fingerprint density at radius 2 is 1.81 bits per heavy atom. The van der Waals surface area contributed by atoms with Gasteiger partial charge in [-0.15, -0.1) is 0 Å². The normalized spacial score (nSPS) is 19.3. The fraction of sp³-hybridized carbons (Fsp3) is 0.370. The molecular formula is C27H31N4O4S+. The van der Waals surface area contributed by atoms with Crippen LogP contribution >= 0.6 is 11.3 Å². The first-order valence-corrected chi connectivity index (χ1v) is 12.8. The van der Waals surface area contributed by atoms with Crippen LogP contribution in [-0.4, -0.2) is 55.6 Å². The first-order valence-electron chi connectivity index (χ1n) is 12.0. The van der Waals surface area contributed by atoms with Gasteiger partial charge in [0.15, 0.2) is 16.6 Å². The van der Waals surface area contributed by atoms with Gasteiger partial charge in [-0.1, -0.05) is 23.5 Å². The van der Waals surface area contributed by atoms with Crippen LogP contribution in [0.2, 0.25) is 0 Å². The van der Waals surface area contributed by atoms with Crippen LogP contribution in [0.25, 0.3) is 0 Å². The Morgan fingerprint density at radius 3 is 2.58 bits per heavy atom. The van der Waals surface area contributed by atoms with E-state index in [9.17, 15) is 9.59 Å². The minimum Gasteiger partial charge on any atom is -0.493 e. The number of rotatable bonds is 7. The number of thiazole rings is 1. The van der Waals surface area contributed by atoms with Gasteiger partial charge in [0.2, 0.25) is 0 Å². The highest BCUT2D eigenvalue weighted by Crippen LogP contribution is 2.49. The molecule has 9 heteroatoms. The lowest BCUT2D eigenvalue weighted by Gasteiger charge is -2.40. The number of hydrogen-bond acceptors (Lipinski definition) is 6. The molecule has 1 fully saturated rings. The second-order valence-electron chi connectivity index (χ2n) is 9.82. The average Bonchev–Trinajstić information content (AvgIpc) is 3.34. The van der Waals surface area contributed by atoms with Crippen LogP contribution in [0.4, 0.5) is 5.13 Å². The van der Waals surface area contributed by atoms with E-state index < -0.39 is 0 Å². The van der Waals surface area contributed by atoms with E-state index in [0.717, 1.165) is 22.2 Å². The van der Waals surface area contributed by atoms with Crippen molar-refractivity contribution in [2.24, 2.45) is 0 Å². The number of ether oxygens (including phenoxy) is 2. The van der Waals surface area contributed by atoms with Gasteiger partial charge in [0.25, 0.3) is 11.8 Å². The zero-order valence-corrected chi connectivity index (χ0v) is 21.8. The number of likely N-dealkylation sites (N-methyl/N-ethyl adjacent to an activating group) is 1. The first kappa shape index (κ1) is 24.3. The standard InChI is InChI=1S/C27H30N4O4S/c1-31(2)19-9-10-21(31)24-20(14-19)29-27(36-24)30-26(33)17-7-5-6-16(12-17)15-28-25(32)18-8-11-22(34-3)23(13-18)35-4/h5-8,11-13,19,21H,9-10,14-15H2,1-4H3,(H-,28,29,30,32,33)/p+1. The summed E-state index contributed by atoms with van der Waals surface area (Å²) in [6.07, 6.45) is 3.38. The summed E-state index contributed by atoms with van der Waals surface area (Å²) in [7, 11) is 7.69. The molecule has 3 heterocycles. The number of anilines is 1. The van der Waals surface area contributed by atoms with E-state index in [2.05, 4.69) is 24.7 Å². The van der Waals surface area contributed by atoms with Gasteiger partial charge < -0.3 is 19.3 Å². The monoisotopic (exact) mass is 507 g/mol. The third-order valence-electron chi connectivity index (χ3n) is 7.49. The zero-order valence-electron chi connectivity index (χ0n) is 21.0. The molecule has 1 saturated heterocycles. The molecule has 5 rings (SSSR count). The highest BCUT2D eigenvalue weighted by molar-refractivity contribution is 7.16. The van der Waals surface area contributed by atoms with Gasteiger partial charge in [0, 0.05) is 36.9 Å². The van der Waals surface area contributed by atoms with Gasteiger partial charge in [-0.25, -0.2) is 4.98 Å². The maximum absolute atomic E-state index is 13.0. The Labute approximate surface area is 214 Å². The van der Waals surface area contributed by atoms with E-state index in [0.29, 0.717) is 39.8 Å². The zero-order chi connectivity index (χ0) is 25.4. The molecule has 2 aliphatic rings. The number of nitrogens with zero attached hydrogens (tertiary/aromatic N) is 2. The molecular weight excluding hydrogens is 476 g/mol. The van der Waals surface area contributed by atoms with Gasteiger partial charge in [-0.2, -0.15) is 0 Å². The predicted octanol–water partition coefficient (Wildman–Crippen LogP) is 4.18. The number of carbonyl (C=O) groups excluding carboxylic acids is 2. The van der Waals surface area contributed by atoms with Crippen molar-refractivity contribution in [2.75, 3.05) is 33.6 Å². The lowest BCUT2D eigenvalue weighted by molar-refractivity contribution is -0.932. The summed E-state index contributed by atoms with van der Waals surface area (Å²) in [5.74, 6) is 0.607. The molecule has 2 aromatic carbocycles. The van der Waals surface area contributed by atoms with E-state index in [1.165, 1.54) is 24.8 Å². The smallest absolute Gasteiger partial charge is 0.257 e. The van der Waals surface area contributed by atoms with Crippen molar-refractivity contribution in [3.63, 3.8) is 0 Å². The summed E-state index contributed by atoms with van der Waals surface area (Å²) in [6.45, 7) is 0.288. The molecule has 0 radical (unpaired) electrons. The average molecular weight is 508 g/mol. The number of hydrogen-bond donors (Lipinski definition) is 2. The molecule has 2 atom stereocenters. The summed E-state index contributed by atoms with van der Waals surface area (Å²) in [6, 6.07) is 13.4. The topological polar surface area (TPSA) is 89.5 Å². The maximum Gasteiger partial charge on any atom is 0.257 e. The summed E-state index contributed by atoms with van der Waals surface area (Å²) >= 11 is 1.61. The number of nitrogens with one attached hydrogen (secondary N) is 2. The summed E-state index contributed by atoms with van der Waals surface area (Å²) in [5.41, 5.74) is 2.96. The van der Waals surface area contributed by atoms with E-state index in [1.807, 2.05) is 12.1 Å². The molecule has 8 nitrogen and oxygen atoms in total. The number of fused-ring (bicyclic) bond motifs is 4. The number of quaternary nitrogens is 1. The fourth-order valence-corrected chi connectivity index (χ4v) is 6.62. The molecule has 0 saturated carbocycles. The largest absolute Gasteiger partial charge is 0.493 e. The van der Waals surface area contributed by atoms with Crippen molar-refractivity contribution in [1.82, 2.24) is 10.3 Å². The molecule has 2 aliphatic heterocycles. The van der Waals surface area contributed by atoms with Crippen molar-refractivity contribution >= 4 is 28.3 Å². The molecule has 3 aromatic rings. The van der Waals surface area contributed by atoms with Crippen molar-refractivity contribution in [2.45, 2.75) is 37.9 Å². The molecule has 36 heavy (non-hydrogen) atoms. The van der Waals surface area contributed by atoms with E-state index in [4.69, 9.17) is 14.5 Å². The Bertz CT molecular complexity index is 1320. The lowest BCUT2D eigenvalue weighted by atomic mass is 10.0. The van der Waals surface area contributed by atoms with Crippen molar-refractivity contribution in [3.05, 3.63) is 69.7 Å². The number of aromatic nitrogens is 1. The van der Waals surface area contributed by atoms with Crippen LogP contribution in [0, 0.1) is 0 Å². The van der Waals surface area contributed by atoms with Crippen LogP contribution in [-0.2, 0) is 13.0 Å². The molecule has 0 spiro atoms. The Kier molecular flexibility index (Phi) is 6.44. The summed E-state index contributed by atoms with van der Waals surface area (Å²) in [5, 5.41) is 6.55. The summed E-state index contributed by atoms with van der Waals surface area (Å²) < 4.78 is 11.5. The Hall–Kier alpha value is -3.43. The van der Waals surface area contributed by atoms with Crippen LogP contribution in [0.15, 0.2) is 42.5 Å². The maximum atomic E-state index is 13.0. The van der Waals surface area contributed by atoms with Gasteiger partial charge in [0.1, 0.15) is 6.04 Å². The molecule has 188 valence electrons. The van der Waals surface area contributed by atoms with E-state index >= 15 is 0 Å². The lowest BCUT2D eigenvalue weighted by Crippen LogP contribution is -2.49. The van der Waals surface area contributed by atoms with Crippen molar-refractivity contribution < 1.29 is 23.5 Å². The van der Waals surface area contributed by atoms with Crippen molar-refractivity contribution in [3.8, 4) is 11.5 Å². The first-order chi connectivity index (χ1) is 17.3. The number of carbonyl (C=O) groups is 2. The van der Waals surface area contributed by atoms with E-state index in [1.54, 1.807) is 48.8 Å². The minimum absolute atomic E-state index is 0.201. The second-order valence-corrected chi connectivity index (χ2v) is 10.8. The van der Waals surface area contributed by atoms with Crippen LogP contribution in [0.5, 0.6) is 11.5 Å². The minimum atomic E-state index is -0.241. The number of amides is 2.